The van der Waals surface area contributed by atoms with Gasteiger partial charge in [-0.1, -0.05) is 0 Å². The first kappa shape index (κ1) is 29.1. The highest BCUT2D eigenvalue weighted by molar-refractivity contribution is 6.07. The molecule has 0 bridgehead atoms. The van der Waals surface area contributed by atoms with Crippen LogP contribution >= 0.6 is 0 Å². The van der Waals surface area contributed by atoms with Crippen molar-refractivity contribution in [2.45, 2.75) is 44.2 Å². The number of hydrogen-bond donors (Lipinski definition) is 3. The second-order valence-electron chi connectivity index (χ2n) is 10.8. The fourth-order valence-electron chi connectivity index (χ4n) is 5.46. The lowest BCUT2D eigenvalue weighted by Gasteiger charge is -2.28. The molecule has 1 saturated carbocycles. The summed E-state index contributed by atoms with van der Waals surface area (Å²) in [6.07, 6.45) is 7.13. The van der Waals surface area contributed by atoms with Gasteiger partial charge in [-0.2, -0.15) is 0 Å². The van der Waals surface area contributed by atoms with E-state index in [-0.39, 0.29) is 29.5 Å². The van der Waals surface area contributed by atoms with E-state index < -0.39 is 17.5 Å². The molecule has 1 saturated heterocycles. The molecule has 3 aromatic rings. The lowest BCUT2D eigenvalue weighted by molar-refractivity contribution is 0.0766. The monoisotopic (exact) mass is 576 g/mol. The minimum atomic E-state index is -1.13. The number of pyridine rings is 1. The van der Waals surface area contributed by atoms with Gasteiger partial charge >= 0.3 is 0 Å². The van der Waals surface area contributed by atoms with Gasteiger partial charge in [0.2, 0.25) is 0 Å². The highest BCUT2D eigenvalue weighted by Crippen LogP contribution is 2.30. The third-order valence-electron chi connectivity index (χ3n) is 7.85. The fraction of sp³-hybridized carbons (Fsp3) is 0.355. The number of benzene rings is 2. The van der Waals surface area contributed by atoms with E-state index >= 15 is 0 Å². The van der Waals surface area contributed by atoms with E-state index in [1.165, 1.54) is 6.07 Å². The predicted octanol–water partition coefficient (Wildman–Crippen LogP) is 3.96. The Balaban J connectivity index is 1.37. The smallest absolute Gasteiger partial charge is 0.255 e. The highest BCUT2D eigenvalue weighted by Gasteiger charge is 2.25. The van der Waals surface area contributed by atoms with Crippen molar-refractivity contribution in [3.63, 3.8) is 0 Å². The van der Waals surface area contributed by atoms with Crippen LogP contribution in [0, 0.1) is 11.6 Å². The van der Waals surface area contributed by atoms with Crippen LogP contribution in [-0.2, 0) is 0 Å². The molecule has 0 radical (unpaired) electrons. The van der Waals surface area contributed by atoms with E-state index in [1.54, 1.807) is 47.6 Å². The Hall–Kier alpha value is -4.38. The lowest BCUT2D eigenvalue weighted by Crippen LogP contribution is -2.40. The Morgan fingerprint density at radius 2 is 1.50 bits per heavy atom. The van der Waals surface area contributed by atoms with Crippen molar-refractivity contribution < 1.29 is 23.2 Å². The zero-order valence-corrected chi connectivity index (χ0v) is 23.2. The van der Waals surface area contributed by atoms with Crippen LogP contribution in [0.25, 0.3) is 0 Å². The van der Waals surface area contributed by atoms with Crippen LogP contribution in [-0.4, -0.2) is 65.9 Å². The SMILES string of the molecule is NC1CCC(NC(=O)c2ccc(N3CCCN(C(=O)c4ccncc4)CC3)c(NC(=O)c3ccc(F)c(F)c3)c2)CC1. The number of carbonyl (C=O) groups excluding carboxylic acids is 3. The molecule has 220 valence electrons. The van der Waals surface area contributed by atoms with Crippen molar-refractivity contribution >= 4 is 29.1 Å². The van der Waals surface area contributed by atoms with Crippen molar-refractivity contribution in [2.24, 2.45) is 5.73 Å². The molecule has 0 unspecified atom stereocenters. The molecular weight excluding hydrogens is 542 g/mol. The molecule has 3 amide bonds. The molecule has 2 heterocycles. The normalized spacial score (nSPS) is 19.1. The molecule has 1 aromatic heterocycles. The van der Waals surface area contributed by atoms with Gasteiger partial charge in [0.25, 0.3) is 17.7 Å². The third-order valence-corrected chi connectivity index (χ3v) is 7.85. The zero-order chi connectivity index (χ0) is 29.6. The summed E-state index contributed by atoms with van der Waals surface area (Å²) >= 11 is 0. The maximum absolute atomic E-state index is 13.9. The Bertz CT molecular complexity index is 1450. The van der Waals surface area contributed by atoms with E-state index in [9.17, 15) is 23.2 Å². The Labute approximate surface area is 243 Å². The van der Waals surface area contributed by atoms with Crippen molar-refractivity contribution in [1.29, 1.82) is 0 Å². The lowest BCUT2D eigenvalue weighted by atomic mass is 9.91. The molecule has 0 spiro atoms. The summed E-state index contributed by atoms with van der Waals surface area (Å²) in [6.45, 7) is 2.09. The maximum Gasteiger partial charge on any atom is 0.255 e. The van der Waals surface area contributed by atoms with Gasteiger partial charge in [0.05, 0.1) is 11.4 Å². The summed E-state index contributed by atoms with van der Waals surface area (Å²) in [5, 5.41) is 5.87. The second kappa shape index (κ2) is 13.1. The van der Waals surface area contributed by atoms with Gasteiger partial charge in [0.1, 0.15) is 0 Å². The summed E-state index contributed by atoms with van der Waals surface area (Å²) in [6, 6.07) is 11.5. The molecule has 4 N–H and O–H groups in total. The number of aromatic nitrogens is 1. The van der Waals surface area contributed by atoms with Crippen LogP contribution < -0.4 is 21.3 Å². The van der Waals surface area contributed by atoms with Gasteiger partial charge in [-0.3, -0.25) is 19.4 Å². The largest absolute Gasteiger partial charge is 0.368 e. The van der Waals surface area contributed by atoms with E-state index in [0.717, 1.165) is 37.8 Å². The summed E-state index contributed by atoms with van der Waals surface area (Å²) in [4.78, 5) is 47.1. The number of nitrogens with two attached hydrogens (primary N) is 1. The van der Waals surface area contributed by atoms with Gasteiger partial charge in [0.15, 0.2) is 11.6 Å². The van der Waals surface area contributed by atoms with E-state index in [0.29, 0.717) is 55.1 Å². The minimum Gasteiger partial charge on any atom is -0.368 e. The van der Waals surface area contributed by atoms with Crippen molar-refractivity contribution in [3.8, 4) is 0 Å². The summed E-state index contributed by atoms with van der Waals surface area (Å²) < 4.78 is 27.4. The zero-order valence-electron chi connectivity index (χ0n) is 23.2. The number of nitrogens with one attached hydrogen (secondary N) is 2. The quantitative estimate of drug-likeness (QED) is 0.409. The highest BCUT2D eigenvalue weighted by atomic mass is 19.2. The van der Waals surface area contributed by atoms with Gasteiger partial charge in [-0.15, -0.1) is 0 Å². The van der Waals surface area contributed by atoms with Gasteiger partial charge in [-0.05, 0) is 80.6 Å². The number of halogens is 2. The van der Waals surface area contributed by atoms with E-state index in [4.69, 9.17) is 5.73 Å². The molecule has 5 rings (SSSR count). The number of amides is 3. The average Bonchev–Trinajstić information content (AvgIpc) is 3.26. The van der Waals surface area contributed by atoms with Crippen LogP contribution in [0.5, 0.6) is 0 Å². The standard InChI is InChI=1S/C31H34F2N6O3/c32-25-8-2-21(18-26(25)33)30(41)37-27-19-22(29(40)36-24-6-4-23(34)5-7-24)3-9-28(27)38-14-1-15-39(17-16-38)31(42)20-10-12-35-13-11-20/h2-3,8-13,18-19,23-24H,1,4-7,14-17,34H2,(H,36,40)(H,37,41). The molecule has 42 heavy (non-hydrogen) atoms. The number of carbonyl (C=O) groups is 3. The molecule has 2 fully saturated rings. The first-order valence-electron chi connectivity index (χ1n) is 14.2. The van der Waals surface area contributed by atoms with Crippen molar-refractivity contribution in [2.75, 3.05) is 36.4 Å². The Kier molecular flexibility index (Phi) is 9.06. The second-order valence-corrected chi connectivity index (χ2v) is 10.8. The maximum atomic E-state index is 13.9. The first-order valence-corrected chi connectivity index (χ1v) is 14.2. The number of rotatable bonds is 6. The van der Waals surface area contributed by atoms with Crippen molar-refractivity contribution in [3.05, 3.63) is 89.2 Å². The summed E-state index contributed by atoms with van der Waals surface area (Å²) in [7, 11) is 0. The molecule has 2 aromatic carbocycles. The van der Waals surface area contributed by atoms with Gasteiger partial charge in [0, 0.05) is 67.3 Å². The Morgan fingerprint density at radius 3 is 2.24 bits per heavy atom. The number of hydrogen-bond acceptors (Lipinski definition) is 6. The molecule has 1 aliphatic carbocycles. The van der Waals surface area contributed by atoms with Crippen molar-refractivity contribution in [1.82, 2.24) is 15.2 Å². The summed E-state index contributed by atoms with van der Waals surface area (Å²) in [5.74, 6) is -3.17. The number of nitrogens with zero attached hydrogens (tertiary/aromatic N) is 3. The Morgan fingerprint density at radius 1 is 0.786 bits per heavy atom. The predicted molar refractivity (Wildman–Crippen MR) is 155 cm³/mol. The molecule has 2 aliphatic rings. The minimum absolute atomic E-state index is 0.0201. The van der Waals surface area contributed by atoms with Crippen LogP contribution in [0.1, 0.15) is 63.2 Å². The molecule has 1 aliphatic heterocycles. The van der Waals surface area contributed by atoms with Crippen LogP contribution in [0.2, 0.25) is 0 Å². The fourth-order valence-corrected chi connectivity index (χ4v) is 5.46. The molecular formula is C31H34F2N6O3. The molecule has 0 atom stereocenters. The topological polar surface area (TPSA) is 121 Å². The number of anilines is 2. The van der Waals surface area contributed by atoms with E-state index in [1.807, 2.05) is 4.90 Å². The molecule has 9 nitrogen and oxygen atoms in total. The van der Waals surface area contributed by atoms with Gasteiger partial charge < -0.3 is 26.2 Å². The first-order chi connectivity index (χ1) is 20.3. The molecule has 11 heteroatoms. The van der Waals surface area contributed by atoms with Gasteiger partial charge in [-0.25, -0.2) is 8.78 Å². The van der Waals surface area contributed by atoms with Crippen LogP contribution in [0.3, 0.4) is 0 Å². The average molecular weight is 577 g/mol. The third kappa shape index (κ3) is 6.91. The van der Waals surface area contributed by atoms with E-state index in [2.05, 4.69) is 15.6 Å². The summed E-state index contributed by atoms with van der Waals surface area (Å²) in [5.41, 5.74) is 7.88. The van der Waals surface area contributed by atoms with Crippen LogP contribution in [0.4, 0.5) is 20.2 Å². The van der Waals surface area contributed by atoms with Crippen LogP contribution in [0.15, 0.2) is 60.9 Å².